The van der Waals surface area contributed by atoms with Crippen molar-refractivity contribution in [1.82, 2.24) is 0 Å². The number of para-hydroxylation sites is 2. The van der Waals surface area contributed by atoms with Gasteiger partial charge in [-0.25, -0.2) is 0 Å². The Morgan fingerprint density at radius 3 is 1.25 bits per heavy atom. The fraction of sp³-hybridized carbons (Fsp3) is 0.0435. The number of anilines is 3. The number of furan rings is 2. The van der Waals surface area contributed by atoms with E-state index in [1.54, 1.807) is 0 Å². The molecule has 2 aromatic heterocycles. The molecule has 0 bridgehead atoms. The lowest BCUT2D eigenvalue weighted by molar-refractivity contribution is 0.660. The molecule has 13 aromatic rings. The van der Waals surface area contributed by atoms with E-state index in [9.17, 15) is 0 Å². The summed E-state index contributed by atoms with van der Waals surface area (Å²) in [5.74, 6) is 0. The molecule has 0 spiro atoms. The second kappa shape index (κ2) is 16.5. The third-order valence-electron chi connectivity index (χ3n) is 15.1. The Kier molecular flexibility index (Phi) is 9.56. The standard InChI is InChI=1S/C69H47NO2/c1-69(2)57-23-12-9-20-54(57)66-58(69)24-15-25-59(66)70(50-36-32-47(33-37-50)45-18-7-4-8-19-45)51-38-34-49(35-39-51)65-53(41-43-63-68(65)56-22-11-14-27-61(56)72-63)52-40-42-62-67(55-21-10-13-26-60(55)71-62)64(52)48-30-28-46(29-31-48)44-16-5-3-6-17-44/h3-43H,1-2H3. The summed E-state index contributed by atoms with van der Waals surface area (Å²) in [5, 5.41) is 4.36. The quantitative estimate of drug-likeness (QED) is 0.152. The highest BCUT2D eigenvalue weighted by Gasteiger charge is 2.38. The molecule has 72 heavy (non-hydrogen) atoms. The van der Waals surface area contributed by atoms with E-state index in [4.69, 9.17) is 8.83 Å². The third-order valence-corrected chi connectivity index (χ3v) is 15.1. The van der Waals surface area contributed by atoms with Crippen molar-refractivity contribution in [3.8, 4) is 66.8 Å². The lowest BCUT2D eigenvalue weighted by atomic mass is 9.82. The largest absolute Gasteiger partial charge is 0.456 e. The van der Waals surface area contributed by atoms with Gasteiger partial charge in [0.25, 0.3) is 0 Å². The van der Waals surface area contributed by atoms with Crippen molar-refractivity contribution in [3.63, 3.8) is 0 Å². The van der Waals surface area contributed by atoms with Crippen LogP contribution in [0, 0.1) is 0 Å². The maximum atomic E-state index is 6.68. The molecule has 0 atom stereocenters. The van der Waals surface area contributed by atoms with E-state index in [-0.39, 0.29) is 5.41 Å². The Hall–Kier alpha value is -9.18. The van der Waals surface area contributed by atoms with Gasteiger partial charge in [0.15, 0.2) is 0 Å². The Balaban J connectivity index is 0.986. The van der Waals surface area contributed by atoms with Crippen molar-refractivity contribution < 1.29 is 8.83 Å². The monoisotopic (exact) mass is 921 g/mol. The smallest absolute Gasteiger partial charge is 0.136 e. The first-order chi connectivity index (χ1) is 35.5. The summed E-state index contributed by atoms with van der Waals surface area (Å²) in [6, 6.07) is 89.8. The number of benzene rings is 11. The van der Waals surface area contributed by atoms with E-state index in [0.717, 1.165) is 94.3 Å². The molecule has 0 saturated carbocycles. The number of fused-ring (bicyclic) bond motifs is 9. The zero-order valence-corrected chi connectivity index (χ0v) is 39.9. The number of hydrogen-bond donors (Lipinski definition) is 0. The summed E-state index contributed by atoms with van der Waals surface area (Å²) in [7, 11) is 0. The van der Waals surface area contributed by atoms with Crippen LogP contribution in [-0.2, 0) is 5.41 Å². The molecule has 3 heteroatoms. The van der Waals surface area contributed by atoms with Crippen molar-refractivity contribution in [3.05, 3.63) is 260 Å². The Labute approximate surface area is 418 Å². The van der Waals surface area contributed by atoms with Gasteiger partial charge in [0, 0.05) is 55.0 Å². The molecule has 0 aliphatic heterocycles. The van der Waals surface area contributed by atoms with Crippen LogP contribution in [0.5, 0.6) is 0 Å². The molecule has 0 N–H and O–H groups in total. The highest BCUT2D eigenvalue weighted by Crippen LogP contribution is 2.55. The van der Waals surface area contributed by atoms with Gasteiger partial charge in [-0.05, 0) is 128 Å². The van der Waals surface area contributed by atoms with Gasteiger partial charge in [-0.2, -0.15) is 0 Å². The second-order valence-corrected chi connectivity index (χ2v) is 19.5. The number of nitrogens with zero attached hydrogens (tertiary/aromatic N) is 1. The van der Waals surface area contributed by atoms with E-state index >= 15 is 0 Å². The lowest BCUT2D eigenvalue weighted by Gasteiger charge is -2.29. The molecule has 3 nitrogen and oxygen atoms in total. The van der Waals surface area contributed by atoms with E-state index in [1.165, 1.54) is 44.5 Å². The molecule has 1 aliphatic carbocycles. The van der Waals surface area contributed by atoms with Gasteiger partial charge in [0.1, 0.15) is 22.3 Å². The van der Waals surface area contributed by atoms with E-state index in [1.807, 2.05) is 6.07 Å². The summed E-state index contributed by atoms with van der Waals surface area (Å²) in [6.07, 6.45) is 0. The van der Waals surface area contributed by atoms with Gasteiger partial charge in [-0.15, -0.1) is 0 Å². The van der Waals surface area contributed by atoms with E-state index in [0.29, 0.717) is 0 Å². The predicted molar refractivity (Wildman–Crippen MR) is 300 cm³/mol. The molecule has 0 saturated heterocycles. The zero-order valence-electron chi connectivity index (χ0n) is 39.9. The van der Waals surface area contributed by atoms with Crippen LogP contribution in [0.3, 0.4) is 0 Å². The number of hydrogen-bond acceptors (Lipinski definition) is 3. The summed E-state index contributed by atoms with van der Waals surface area (Å²) >= 11 is 0. The Bertz CT molecular complexity index is 4200. The maximum Gasteiger partial charge on any atom is 0.136 e. The van der Waals surface area contributed by atoms with Gasteiger partial charge < -0.3 is 13.7 Å². The predicted octanol–water partition coefficient (Wildman–Crippen LogP) is 19.6. The molecule has 14 rings (SSSR count). The van der Waals surface area contributed by atoms with Gasteiger partial charge in [0.2, 0.25) is 0 Å². The maximum absolute atomic E-state index is 6.68. The average Bonchev–Trinajstić information content (AvgIpc) is 4.09. The third kappa shape index (κ3) is 6.58. The fourth-order valence-corrected chi connectivity index (χ4v) is 11.7. The Morgan fingerprint density at radius 2 is 0.708 bits per heavy atom. The highest BCUT2D eigenvalue weighted by molar-refractivity contribution is 6.20. The molecule has 11 aromatic carbocycles. The van der Waals surface area contributed by atoms with E-state index < -0.39 is 0 Å². The molecule has 340 valence electrons. The van der Waals surface area contributed by atoms with Crippen LogP contribution >= 0.6 is 0 Å². The SMILES string of the molecule is CC1(C)c2ccccc2-c2c(N(c3ccc(-c4ccccc4)cc3)c3ccc(-c4c(-c5ccc6oc7ccccc7c6c5-c5ccc(-c6ccccc6)cc5)ccc5oc6ccccc6c45)cc3)cccc21. The Morgan fingerprint density at radius 1 is 0.292 bits per heavy atom. The van der Waals surface area contributed by atoms with Gasteiger partial charge >= 0.3 is 0 Å². The molecule has 2 heterocycles. The first-order valence-electron chi connectivity index (χ1n) is 24.8. The van der Waals surface area contributed by atoms with Crippen LogP contribution in [0.1, 0.15) is 25.0 Å². The molecule has 0 fully saturated rings. The average molecular weight is 922 g/mol. The lowest BCUT2D eigenvalue weighted by Crippen LogP contribution is -2.16. The van der Waals surface area contributed by atoms with Crippen molar-refractivity contribution in [2.45, 2.75) is 19.3 Å². The van der Waals surface area contributed by atoms with Crippen LogP contribution in [-0.4, -0.2) is 0 Å². The van der Waals surface area contributed by atoms with Crippen LogP contribution in [0.15, 0.2) is 258 Å². The molecular formula is C69H47NO2. The molecule has 0 amide bonds. The number of rotatable bonds is 8. The van der Waals surface area contributed by atoms with Gasteiger partial charge in [-0.3, -0.25) is 0 Å². The van der Waals surface area contributed by atoms with Crippen molar-refractivity contribution in [2.24, 2.45) is 0 Å². The van der Waals surface area contributed by atoms with Crippen molar-refractivity contribution in [2.75, 3.05) is 4.90 Å². The van der Waals surface area contributed by atoms with Crippen molar-refractivity contribution in [1.29, 1.82) is 0 Å². The second-order valence-electron chi connectivity index (χ2n) is 19.5. The van der Waals surface area contributed by atoms with Gasteiger partial charge in [0.05, 0.1) is 5.69 Å². The minimum Gasteiger partial charge on any atom is -0.456 e. The fourth-order valence-electron chi connectivity index (χ4n) is 11.7. The van der Waals surface area contributed by atoms with Crippen LogP contribution < -0.4 is 4.90 Å². The molecule has 0 radical (unpaired) electrons. The van der Waals surface area contributed by atoms with Crippen molar-refractivity contribution >= 4 is 60.9 Å². The van der Waals surface area contributed by atoms with Crippen LogP contribution in [0.4, 0.5) is 17.1 Å². The first kappa shape index (κ1) is 41.8. The summed E-state index contributed by atoms with van der Waals surface area (Å²) in [5.41, 5.74) is 23.3. The van der Waals surface area contributed by atoms with Crippen LogP contribution in [0.25, 0.3) is 111 Å². The zero-order chi connectivity index (χ0) is 47.9. The topological polar surface area (TPSA) is 29.5 Å². The van der Waals surface area contributed by atoms with Crippen LogP contribution in [0.2, 0.25) is 0 Å². The summed E-state index contributed by atoms with van der Waals surface area (Å²) in [6.45, 7) is 4.70. The normalized spacial score (nSPS) is 12.7. The summed E-state index contributed by atoms with van der Waals surface area (Å²) in [4.78, 5) is 2.44. The van der Waals surface area contributed by atoms with Gasteiger partial charge in [-0.1, -0.05) is 196 Å². The highest BCUT2D eigenvalue weighted by atomic mass is 16.3. The minimum absolute atomic E-state index is 0.147. The summed E-state index contributed by atoms with van der Waals surface area (Å²) < 4.78 is 13.3. The molecule has 1 aliphatic rings. The first-order valence-corrected chi connectivity index (χ1v) is 24.8. The molecular weight excluding hydrogens is 875 g/mol. The van der Waals surface area contributed by atoms with E-state index in [2.05, 4.69) is 261 Å². The molecule has 0 unspecified atom stereocenters. The minimum atomic E-state index is -0.147.